The van der Waals surface area contributed by atoms with Crippen molar-refractivity contribution in [3.8, 4) is 5.75 Å². The van der Waals surface area contributed by atoms with Gasteiger partial charge >= 0.3 is 12.1 Å². The number of fused-ring (bicyclic) bond motifs is 1. The minimum Gasteiger partial charge on any atom is -0.497 e. The maximum atomic E-state index is 13.0. The lowest BCUT2D eigenvalue weighted by atomic mass is 9.70. The van der Waals surface area contributed by atoms with Crippen LogP contribution in [0.2, 0.25) is 0 Å². The SMILES string of the molecule is COc1ccc(C23NC(=O)NC(c4ccc([N+](=O)[O-])cc4)C2C(c2ccc([N+](=O)[O-])cc2)NC(=O)N3)cc1. The molecule has 4 N–H and O–H groups in total. The van der Waals surface area contributed by atoms with Crippen LogP contribution in [0, 0.1) is 26.1 Å². The molecule has 2 aliphatic rings. The van der Waals surface area contributed by atoms with Crippen LogP contribution in [-0.4, -0.2) is 29.0 Å². The van der Waals surface area contributed by atoms with Gasteiger partial charge in [-0.2, -0.15) is 0 Å². The van der Waals surface area contributed by atoms with Crippen molar-refractivity contribution >= 4 is 23.4 Å². The minimum absolute atomic E-state index is 0.114. The number of hydrogen-bond acceptors (Lipinski definition) is 7. The first-order valence-electron chi connectivity index (χ1n) is 11.5. The molecule has 38 heavy (non-hydrogen) atoms. The molecule has 2 saturated heterocycles. The van der Waals surface area contributed by atoms with Crippen LogP contribution in [0.4, 0.5) is 21.0 Å². The standard InChI is InChI=1S/C25H22N6O7/c1-38-19-12-6-16(7-13-19)25-20(21(26-23(32)28-25)14-2-8-17(9-3-14)30(34)35)22(27-24(33)29-25)15-4-10-18(11-5-15)31(36)37/h2-13,20-22H,1H3,(H2,26,28,32)(H2,27,29,33). The lowest BCUT2D eigenvalue weighted by Gasteiger charge is -2.54. The van der Waals surface area contributed by atoms with Crippen molar-refractivity contribution in [2.75, 3.05) is 7.11 Å². The zero-order valence-corrected chi connectivity index (χ0v) is 19.9. The van der Waals surface area contributed by atoms with Gasteiger partial charge in [0, 0.05) is 24.3 Å². The normalized spacial score (nSPS) is 24.1. The molecule has 0 spiro atoms. The molecule has 13 nitrogen and oxygen atoms in total. The van der Waals surface area contributed by atoms with Crippen LogP contribution in [0.3, 0.4) is 0 Å². The molecule has 2 fully saturated rings. The predicted octanol–water partition coefficient (Wildman–Crippen LogP) is 3.39. The van der Waals surface area contributed by atoms with E-state index in [0.29, 0.717) is 22.4 Å². The van der Waals surface area contributed by atoms with Gasteiger partial charge in [-0.3, -0.25) is 20.2 Å². The van der Waals surface area contributed by atoms with Gasteiger partial charge in [-0.25, -0.2) is 9.59 Å². The van der Waals surface area contributed by atoms with Crippen molar-refractivity contribution in [3.63, 3.8) is 0 Å². The molecular weight excluding hydrogens is 496 g/mol. The summed E-state index contributed by atoms with van der Waals surface area (Å²) in [5, 5.41) is 34.0. The van der Waals surface area contributed by atoms with Gasteiger partial charge in [-0.15, -0.1) is 0 Å². The molecule has 0 radical (unpaired) electrons. The van der Waals surface area contributed by atoms with Gasteiger partial charge in [-0.05, 0) is 28.8 Å². The smallest absolute Gasteiger partial charge is 0.317 e. The number of carbonyl (C=O) groups excluding carboxylic acids is 2. The summed E-state index contributed by atoms with van der Waals surface area (Å²) in [6.45, 7) is 0. The number of urea groups is 2. The Hall–Kier alpha value is -5.20. The first-order chi connectivity index (χ1) is 18.2. The fourth-order valence-corrected chi connectivity index (χ4v) is 5.16. The summed E-state index contributed by atoms with van der Waals surface area (Å²) in [7, 11) is 1.52. The first kappa shape index (κ1) is 24.5. The Balaban J connectivity index is 1.69. The molecule has 3 aromatic carbocycles. The van der Waals surface area contributed by atoms with Crippen LogP contribution in [0.5, 0.6) is 5.75 Å². The van der Waals surface area contributed by atoms with Crippen LogP contribution < -0.4 is 26.0 Å². The lowest BCUT2D eigenvalue weighted by Crippen LogP contribution is -2.75. The number of nitrogens with one attached hydrogen (secondary N) is 4. The van der Waals surface area contributed by atoms with E-state index in [1.54, 1.807) is 48.5 Å². The number of nitro benzene ring substituents is 2. The van der Waals surface area contributed by atoms with Crippen molar-refractivity contribution < 1.29 is 24.2 Å². The summed E-state index contributed by atoms with van der Waals surface area (Å²) in [4.78, 5) is 47.5. The molecule has 4 amide bonds. The Morgan fingerprint density at radius 3 is 1.50 bits per heavy atom. The number of carbonyl (C=O) groups is 2. The number of non-ortho nitro benzene ring substituents is 2. The van der Waals surface area contributed by atoms with E-state index in [1.807, 2.05) is 0 Å². The molecule has 0 aliphatic carbocycles. The Morgan fingerprint density at radius 1 is 0.711 bits per heavy atom. The minimum atomic E-state index is -1.42. The van der Waals surface area contributed by atoms with Crippen LogP contribution >= 0.6 is 0 Å². The molecule has 2 aliphatic heterocycles. The third-order valence-electron chi connectivity index (χ3n) is 6.88. The van der Waals surface area contributed by atoms with Crippen LogP contribution in [0.1, 0.15) is 28.8 Å². The molecule has 3 aromatic rings. The second-order valence-corrected chi connectivity index (χ2v) is 8.91. The first-order valence-corrected chi connectivity index (χ1v) is 11.5. The molecule has 13 heteroatoms. The second kappa shape index (κ2) is 9.35. The highest BCUT2D eigenvalue weighted by molar-refractivity contribution is 5.82. The lowest BCUT2D eigenvalue weighted by molar-refractivity contribution is -0.385. The zero-order valence-electron chi connectivity index (χ0n) is 19.9. The van der Waals surface area contributed by atoms with Gasteiger partial charge in [0.15, 0.2) is 0 Å². The monoisotopic (exact) mass is 518 g/mol. The average Bonchev–Trinajstić information content (AvgIpc) is 2.92. The summed E-state index contributed by atoms with van der Waals surface area (Å²) >= 11 is 0. The number of nitrogens with zero attached hydrogens (tertiary/aromatic N) is 2. The summed E-state index contributed by atoms with van der Waals surface area (Å²) in [6.07, 6.45) is 0. The van der Waals surface area contributed by atoms with Gasteiger partial charge in [0.1, 0.15) is 11.4 Å². The number of nitro groups is 2. The van der Waals surface area contributed by atoms with E-state index in [9.17, 15) is 29.8 Å². The molecular formula is C25H22N6O7. The number of amides is 4. The number of rotatable bonds is 6. The fraction of sp³-hybridized carbons (Fsp3) is 0.200. The van der Waals surface area contributed by atoms with E-state index in [-0.39, 0.29) is 11.4 Å². The number of benzene rings is 3. The zero-order chi connectivity index (χ0) is 27.0. The molecule has 5 rings (SSSR count). The molecule has 0 aromatic heterocycles. The second-order valence-electron chi connectivity index (χ2n) is 8.91. The Labute approximate surface area is 215 Å². The maximum absolute atomic E-state index is 13.0. The van der Waals surface area contributed by atoms with E-state index in [4.69, 9.17) is 4.74 Å². The topological polar surface area (TPSA) is 178 Å². The van der Waals surface area contributed by atoms with Crippen molar-refractivity contribution in [3.05, 3.63) is 110 Å². The number of ether oxygens (including phenoxy) is 1. The third-order valence-corrected chi connectivity index (χ3v) is 6.88. The number of hydrogen-bond donors (Lipinski definition) is 4. The summed E-state index contributed by atoms with van der Waals surface area (Å²) in [5.74, 6) is -0.0738. The average molecular weight is 518 g/mol. The Kier molecular flexibility index (Phi) is 6.03. The Bertz CT molecular complexity index is 1330. The van der Waals surface area contributed by atoms with E-state index in [1.165, 1.54) is 31.4 Å². The van der Waals surface area contributed by atoms with Gasteiger partial charge in [-0.1, -0.05) is 36.4 Å². The largest absolute Gasteiger partial charge is 0.497 e. The quantitative estimate of drug-likeness (QED) is 0.285. The molecule has 2 heterocycles. The van der Waals surface area contributed by atoms with E-state index < -0.39 is 45.6 Å². The third kappa shape index (κ3) is 4.19. The van der Waals surface area contributed by atoms with Gasteiger partial charge in [0.2, 0.25) is 0 Å². The molecule has 194 valence electrons. The van der Waals surface area contributed by atoms with E-state index in [0.717, 1.165) is 0 Å². The van der Waals surface area contributed by atoms with Crippen LogP contribution in [0.15, 0.2) is 72.8 Å². The summed E-state index contributed by atoms with van der Waals surface area (Å²) in [6, 6.07) is 15.8. The highest BCUT2D eigenvalue weighted by atomic mass is 16.6. The van der Waals surface area contributed by atoms with Gasteiger partial charge in [0.25, 0.3) is 11.4 Å². The van der Waals surface area contributed by atoms with Crippen molar-refractivity contribution in [1.29, 1.82) is 0 Å². The number of methoxy groups -OCH3 is 1. The molecule has 0 saturated carbocycles. The predicted molar refractivity (Wildman–Crippen MR) is 133 cm³/mol. The molecule has 2 atom stereocenters. The molecule has 0 bridgehead atoms. The van der Waals surface area contributed by atoms with E-state index in [2.05, 4.69) is 21.3 Å². The maximum Gasteiger partial charge on any atom is 0.317 e. The van der Waals surface area contributed by atoms with Gasteiger partial charge < -0.3 is 26.0 Å². The van der Waals surface area contributed by atoms with E-state index >= 15 is 0 Å². The molecule has 2 unspecified atom stereocenters. The fourth-order valence-electron chi connectivity index (χ4n) is 5.16. The summed E-state index contributed by atoms with van der Waals surface area (Å²) < 4.78 is 5.26. The van der Waals surface area contributed by atoms with Crippen molar-refractivity contribution in [2.45, 2.75) is 17.7 Å². The highest BCUT2D eigenvalue weighted by Gasteiger charge is 2.57. The van der Waals surface area contributed by atoms with Crippen LogP contribution in [0.25, 0.3) is 0 Å². The van der Waals surface area contributed by atoms with Crippen LogP contribution in [-0.2, 0) is 5.66 Å². The van der Waals surface area contributed by atoms with Gasteiger partial charge in [0.05, 0.1) is 35.0 Å². The van der Waals surface area contributed by atoms with Crippen molar-refractivity contribution in [1.82, 2.24) is 21.3 Å². The van der Waals surface area contributed by atoms with Crippen molar-refractivity contribution in [2.24, 2.45) is 5.92 Å². The highest BCUT2D eigenvalue weighted by Crippen LogP contribution is 2.48. The summed E-state index contributed by atoms with van der Waals surface area (Å²) in [5.41, 5.74) is 0.0496. The Morgan fingerprint density at radius 2 is 1.13 bits per heavy atom.